The third-order valence-corrected chi connectivity index (χ3v) is 3.30. The maximum Gasteiger partial charge on any atom is 0.251 e. The van der Waals surface area contributed by atoms with E-state index in [0.717, 1.165) is 5.56 Å². The molecule has 0 aliphatic heterocycles. The first-order valence-electron chi connectivity index (χ1n) is 7.43. The Kier molecular flexibility index (Phi) is 5.66. The molecule has 1 amide bonds. The van der Waals surface area contributed by atoms with Gasteiger partial charge in [0.1, 0.15) is 12.7 Å². The van der Waals surface area contributed by atoms with Crippen LogP contribution < -0.4 is 5.32 Å². The van der Waals surface area contributed by atoms with Crippen LogP contribution in [0.5, 0.6) is 0 Å². The second kappa shape index (κ2) is 7.70. The Bertz CT molecular complexity index is 596. The predicted octanol–water partition coefficient (Wildman–Crippen LogP) is 1.46. The lowest BCUT2D eigenvalue weighted by Gasteiger charge is -2.15. The van der Waals surface area contributed by atoms with E-state index in [9.17, 15) is 9.90 Å². The highest BCUT2D eigenvalue weighted by Crippen LogP contribution is 2.10. The number of carbonyl (C=O) groups is 1. The largest absolute Gasteiger partial charge is 0.391 e. The van der Waals surface area contributed by atoms with Crippen molar-refractivity contribution in [1.82, 2.24) is 20.1 Å². The van der Waals surface area contributed by atoms with Gasteiger partial charge in [-0.1, -0.05) is 32.0 Å². The van der Waals surface area contributed by atoms with E-state index in [1.54, 1.807) is 17.1 Å². The highest BCUT2D eigenvalue weighted by atomic mass is 16.3. The fraction of sp³-hybridized carbons (Fsp3) is 0.438. The average Bonchev–Trinajstić information content (AvgIpc) is 2.97. The number of nitrogens with zero attached hydrogens (tertiary/aromatic N) is 3. The lowest BCUT2D eigenvalue weighted by atomic mass is 10.0. The molecule has 6 heteroatoms. The molecule has 1 atom stereocenters. The number of rotatable bonds is 7. The van der Waals surface area contributed by atoms with E-state index in [2.05, 4.69) is 15.4 Å². The van der Waals surface area contributed by atoms with Crippen LogP contribution in [0.25, 0.3) is 0 Å². The minimum atomic E-state index is -0.522. The summed E-state index contributed by atoms with van der Waals surface area (Å²) in [5.41, 5.74) is 1.46. The standard InChI is InChI=1S/C16H22N4O2/c1-12(2)7-14(21)8-18-16(22)15-6-4-3-5-13(15)9-20-11-17-10-19-20/h3-6,10-12,14,21H,7-9H2,1-2H3,(H,18,22). The van der Waals surface area contributed by atoms with Crippen molar-refractivity contribution in [2.75, 3.05) is 6.54 Å². The molecule has 0 saturated carbocycles. The first-order chi connectivity index (χ1) is 10.6. The van der Waals surface area contributed by atoms with Crippen molar-refractivity contribution in [3.05, 3.63) is 48.0 Å². The van der Waals surface area contributed by atoms with Crippen LogP contribution in [0.4, 0.5) is 0 Å². The van der Waals surface area contributed by atoms with Crippen LogP contribution in [0, 0.1) is 5.92 Å². The van der Waals surface area contributed by atoms with Gasteiger partial charge < -0.3 is 10.4 Å². The number of hydrogen-bond acceptors (Lipinski definition) is 4. The number of aromatic nitrogens is 3. The molecule has 0 aliphatic carbocycles. The molecule has 1 unspecified atom stereocenters. The Balaban J connectivity index is 2.00. The SMILES string of the molecule is CC(C)CC(O)CNC(=O)c1ccccc1Cn1cncn1. The van der Waals surface area contributed by atoms with Gasteiger partial charge in [-0.05, 0) is 24.0 Å². The molecule has 118 valence electrons. The zero-order valence-electron chi connectivity index (χ0n) is 12.9. The summed E-state index contributed by atoms with van der Waals surface area (Å²) in [5.74, 6) is 0.213. The summed E-state index contributed by atoms with van der Waals surface area (Å²) in [6.45, 7) is 4.82. The van der Waals surface area contributed by atoms with Crippen LogP contribution in [0.15, 0.2) is 36.9 Å². The Hall–Kier alpha value is -2.21. The minimum absolute atomic E-state index is 0.182. The van der Waals surface area contributed by atoms with E-state index in [-0.39, 0.29) is 12.5 Å². The fourth-order valence-electron chi connectivity index (χ4n) is 2.30. The Morgan fingerprint density at radius 2 is 2.14 bits per heavy atom. The fourth-order valence-corrected chi connectivity index (χ4v) is 2.30. The highest BCUT2D eigenvalue weighted by molar-refractivity contribution is 5.95. The maximum absolute atomic E-state index is 12.3. The van der Waals surface area contributed by atoms with Crippen molar-refractivity contribution in [2.45, 2.75) is 32.9 Å². The van der Waals surface area contributed by atoms with E-state index < -0.39 is 6.10 Å². The third-order valence-electron chi connectivity index (χ3n) is 3.30. The third kappa shape index (κ3) is 4.66. The summed E-state index contributed by atoms with van der Waals surface area (Å²) < 4.78 is 1.67. The maximum atomic E-state index is 12.3. The second-order valence-corrected chi connectivity index (χ2v) is 5.74. The summed E-state index contributed by atoms with van der Waals surface area (Å²) in [5, 5.41) is 16.7. The van der Waals surface area contributed by atoms with Crippen LogP contribution in [0.1, 0.15) is 36.2 Å². The Labute approximate surface area is 130 Å². The first-order valence-corrected chi connectivity index (χ1v) is 7.43. The number of carbonyl (C=O) groups excluding carboxylic acids is 1. The molecule has 2 N–H and O–H groups in total. The molecule has 6 nitrogen and oxygen atoms in total. The number of aliphatic hydroxyl groups is 1. The van der Waals surface area contributed by atoms with E-state index in [1.807, 2.05) is 32.0 Å². The zero-order chi connectivity index (χ0) is 15.9. The predicted molar refractivity (Wildman–Crippen MR) is 83.4 cm³/mol. The van der Waals surface area contributed by atoms with Gasteiger partial charge in [0.15, 0.2) is 0 Å². The summed E-state index contributed by atoms with van der Waals surface area (Å²) in [4.78, 5) is 16.2. The van der Waals surface area contributed by atoms with Gasteiger partial charge in [-0.2, -0.15) is 5.10 Å². The molecule has 1 heterocycles. The van der Waals surface area contributed by atoms with Crippen molar-refractivity contribution < 1.29 is 9.90 Å². The van der Waals surface area contributed by atoms with Crippen molar-refractivity contribution in [3.8, 4) is 0 Å². The second-order valence-electron chi connectivity index (χ2n) is 5.74. The summed E-state index contributed by atoms with van der Waals surface area (Å²) >= 11 is 0. The van der Waals surface area contributed by atoms with E-state index in [4.69, 9.17) is 0 Å². The van der Waals surface area contributed by atoms with E-state index >= 15 is 0 Å². The molecule has 1 aromatic carbocycles. The topological polar surface area (TPSA) is 80.0 Å². The lowest BCUT2D eigenvalue weighted by Crippen LogP contribution is -2.33. The van der Waals surface area contributed by atoms with Crippen LogP contribution in [-0.4, -0.2) is 38.4 Å². The molecule has 2 rings (SSSR count). The van der Waals surface area contributed by atoms with Gasteiger partial charge >= 0.3 is 0 Å². The van der Waals surface area contributed by atoms with E-state index in [0.29, 0.717) is 24.4 Å². The Morgan fingerprint density at radius 1 is 1.36 bits per heavy atom. The van der Waals surface area contributed by atoms with E-state index in [1.165, 1.54) is 6.33 Å². The summed E-state index contributed by atoms with van der Waals surface area (Å²) in [7, 11) is 0. The molecule has 0 aliphatic rings. The van der Waals surface area contributed by atoms with Crippen molar-refractivity contribution in [3.63, 3.8) is 0 Å². The number of hydrogen-bond donors (Lipinski definition) is 2. The van der Waals surface area contributed by atoms with Crippen LogP contribution >= 0.6 is 0 Å². The van der Waals surface area contributed by atoms with Gasteiger partial charge in [0.2, 0.25) is 0 Å². The van der Waals surface area contributed by atoms with Crippen LogP contribution in [0.3, 0.4) is 0 Å². The molecule has 2 aromatic rings. The molecular weight excluding hydrogens is 280 g/mol. The van der Waals surface area contributed by atoms with Gasteiger partial charge in [-0.15, -0.1) is 0 Å². The highest BCUT2D eigenvalue weighted by Gasteiger charge is 2.13. The van der Waals surface area contributed by atoms with Gasteiger partial charge in [0, 0.05) is 12.1 Å². The van der Waals surface area contributed by atoms with Crippen molar-refractivity contribution in [1.29, 1.82) is 0 Å². The number of aliphatic hydroxyl groups excluding tert-OH is 1. The van der Waals surface area contributed by atoms with Gasteiger partial charge in [0.05, 0.1) is 12.6 Å². The molecule has 1 aromatic heterocycles. The molecule has 0 saturated heterocycles. The molecule has 22 heavy (non-hydrogen) atoms. The Morgan fingerprint density at radius 3 is 2.82 bits per heavy atom. The summed E-state index contributed by atoms with van der Waals surface area (Å²) in [6.07, 6.45) is 3.22. The van der Waals surface area contributed by atoms with Crippen molar-refractivity contribution in [2.24, 2.45) is 5.92 Å². The lowest BCUT2D eigenvalue weighted by molar-refractivity contribution is 0.0899. The average molecular weight is 302 g/mol. The molecule has 0 spiro atoms. The monoisotopic (exact) mass is 302 g/mol. The number of amides is 1. The number of benzene rings is 1. The molecule has 0 radical (unpaired) electrons. The number of nitrogens with one attached hydrogen (secondary N) is 1. The zero-order valence-corrected chi connectivity index (χ0v) is 12.9. The minimum Gasteiger partial charge on any atom is -0.391 e. The molecular formula is C16H22N4O2. The van der Waals surface area contributed by atoms with Crippen LogP contribution in [0.2, 0.25) is 0 Å². The van der Waals surface area contributed by atoms with Gasteiger partial charge in [0.25, 0.3) is 5.91 Å². The van der Waals surface area contributed by atoms with Crippen molar-refractivity contribution >= 4 is 5.91 Å². The first kappa shape index (κ1) is 16.2. The normalized spacial score (nSPS) is 12.4. The quantitative estimate of drug-likeness (QED) is 0.811. The molecule has 0 fully saturated rings. The summed E-state index contributed by atoms with van der Waals surface area (Å²) in [6, 6.07) is 7.37. The van der Waals surface area contributed by atoms with Gasteiger partial charge in [-0.25, -0.2) is 9.67 Å². The smallest absolute Gasteiger partial charge is 0.251 e. The van der Waals surface area contributed by atoms with Gasteiger partial charge in [-0.3, -0.25) is 4.79 Å². The van der Waals surface area contributed by atoms with Crippen LogP contribution in [-0.2, 0) is 6.54 Å². The molecule has 0 bridgehead atoms.